The Morgan fingerprint density at radius 3 is 2.58 bits per heavy atom. The van der Waals surface area contributed by atoms with Gasteiger partial charge in [0, 0.05) is 13.5 Å². The lowest BCUT2D eigenvalue weighted by Crippen LogP contribution is -2.79. The highest BCUT2D eigenvalue weighted by Gasteiger charge is 2.63. The number of carboxylic acid groups (broad SMARTS) is 1. The second-order valence-corrected chi connectivity index (χ2v) is 5.24. The Bertz CT molecular complexity index is 699. The second-order valence-electron chi connectivity index (χ2n) is 5.24. The number of carboxylic acids is 1. The van der Waals surface area contributed by atoms with Crippen LogP contribution in [0.4, 0.5) is 13.2 Å². The van der Waals surface area contributed by atoms with Crippen molar-refractivity contribution in [1.82, 2.24) is 4.90 Å². The normalized spacial score (nSPS) is 27.9. The standard InChI is InChI=1S/C14H16N2O3.C2HF3O2/c1-19-14-8-6-4-2-3-5-7-11(17)12(14)16(10-9-15)13(14)18;3-2(4,5)1(6)7/h2-3,11-12,17H,8-10,15H2,1H3;(H,6,7)/b3-2-;/t11-,12+,14-;/m1./s1. The fraction of sp³-hybridized carbons (Fsp3) is 0.500. The topological polar surface area (TPSA) is 118 Å². The maximum absolute atomic E-state index is 12.3. The molecule has 1 saturated heterocycles. The number of amides is 1. The Labute approximate surface area is 147 Å². The number of allylic oxidation sites excluding steroid dienone is 2. The maximum Gasteiger partial charge on any atom is 0.430 e. The molecule has 26 heavy (non-hydrogen) atoms. The lowest BCUT2D eigenvalue weighted by atomic mass is 9.76. The average Bonchev–Trinajstić information content (AvgIpc) is 2.57. The molecule has 3 atom stereocenters. The van der Waals surface area contributed by atoms with Crippen LogP contribution in [0.1, 0.15) is 6.42 Å². The number of aliphatic hydroxyl groups excluding tert-OH is 1. The van der Waals surface area contributed by atoms with Gasteiger partial charge in [-0.25, -0.2) is 0 Å². The minimum absolute atomic E-state index is 0.150. The molecule has 2 aliphatic rings. The molecule has 1 aliphatic carbocycles. The SMILES string of the molecule is CO[C@]12CC#C/C=C\C#C[C@@H](O)[C@@H]1N(CC[NH3+])C2=O.O=C([O-])C(F)(F)F. The van der Waals surface area contributed by atoms with Gasteiger partial charge >= 0.3 is 6.18 Å². The van der Waals surface area contributed by atoms with Crippen molar-refractivity contribution in [2.24, 2.45) is 0 Å². The van der Waals surface area contributed by atoms with Gasteiger partial charge < -0.3 is 30.4 Å². The Kier molecular flexibility index (Phi) is 7.21. The van der Waals surface area contributed by atoms with Crippen molar-refractivity contribution in [3.05, 3.63) is 12.2 Å². The molecule has 4 N–H and O–H groups in total. The zero-order valence-corrected chi connectivity index (χ0v) is 13.8. The van der Waals surface area contributed by atoms with E-state index in [1.54, 1.807) is 17.1 Å². The highest BCUT2D eigenvalue weighted by atomic mass is 19.4. The minimum Gasteiger partial charge on any atom is -0.542 e. The summed E-state index contributed by atoms with van der Waals surface area (Å²) in [5, 5.41) is 19.0. The quantitative estimate of drug-likeness (QED) is 0.417. The summed E-state index contributed by atoms with van der Waals surface area (Å²) in [4.78, 5) is 22.6. The second kappa shape index (κ2) is 8.72. The molecule has 0 radical (unpaired) electrons. The highest BCUT2D eigenvalue weighted by Crippen LogP contribution is 2.38. The van der Waals surface area contributed by atoms with Gasteiger partial charge in [0.1, 0.15) is 18.1 Å². The monoisotopic (exact) mass is 374 g/mol. The lowest BCUT2D eigenvalue weighted by Gasteiger charge is -2.54. The summed E-state index contributed by atoms with van der Waals surface area (Å²) < 4.78 is 37.0. The first kappa shape index (κ1) is 21.5. The number of aliphatic hydroxyl groups is 1. The Morgan fingerprint density at radius 1 is 1.50 bits per heavy atom. The first-order valence-corrected chi connectivity index (χ1v) is 7.38. The molecule has 0 aromatic heterocycles. The fourth-order valence-electron chi connectivity index (χ4n) is 2.52. The predicted molar refractivity (Wildman–Crippen MR) is 79.4 cm³/mol. The summed E-state index contributed by atoms with van der Waals surface area (Å²) in [6, 6.07) is -0.486. The van der Waals surface area contributed by atoms with Crippen molar-refractivity contribution in [2.75, 3.05) is 20.2 Å². The highest BCUT2D eigenvalue weighted by molar-refractivity contribution is 5.94. The molecule has 0 aromatic rings. The molecule has 142 valence electrons. The first-order chi connectivity index (χ1) is 12.1. The van der Waals surface area contributed by atoms with Crippen molar-refractivity contribution >= 4 is 11.9 Å². The molecule has 1 amide bonds. The van der Waals surface area contributed by atoms with E-state index in [2.05, 4.69) is 29.4 Å². The Morgan fingerprint density at radius 2 is 2.08 bits per heavy atom. The van der Waals surface area contributed by atoms with E-state index >= 15 is 0 Å². The van der Waals surface area contributed by atoms with Gasteiger partial charge in [-0.15, -0.1) is 0 Å². The number of carbonyl (C=O) groups excluding carboxylic acids is 2. The van der Waals surface area contributed by atoms with Crippen molar-refractivity contribution in [3.8, 4) is 23.7 Å². The first-order valence-electron chi connectivity index (χ1n) is 7.38. The number of methoxy groups -OCH3 is 1. The molecular formula is C16H17F3N2O5. The van der Waals surface area contributed by atoms with Crippen LogP contribution in [0.15, 0.2) is 12.2 Å². The van der Waals surface area contributed by atoms with Gasteiger partial charge in [-0.1, -0.05) is 23.7 Å². The molecule has 0 unspecified atom stereocenters. The van der Waals surface area contributed by atoms with E-state index in [0.29, 0.717) is 13.1 Å². The van der Waals surface area contributed by atoms with Gasteiger partial charge in [0.05, 0.1) is 13.1 Å². The van der Waals surface area contributed by atoms with E-state index in [1.165, 1.54) is 7.11 Å². The van der Waals surface area contributed by atoms with Crippen LogP contribution in [0.3, 0.4) is 0 Å². The van der Waals surface area contributed by atoms with E-state index in [1.807, 2.05) is 0 Å². The van der Waals surface area contributed by atoms with Crippen LogP contribution in [-0.2, 0) is 14.3 Å². The number of nitrogens with zero attached hydrogens (tertiary/aromatic N) is 1. The summed E-state index contributed by atoms with van der Waals surface area (Å²) in [6.45, 7) is 1.06. The molecule has 1 heterocycles. The zero-order valence-electron chi connectivity index (χ0n) is 13.8. The summed E-state index contributed by atoms with van der Waals surface area (Å²) >= 11 is 0. The van der Waals surface area contributed by atoms with Crippen LogP contribution < -0.4 is 10.8 Å². The van der Waals surface area contributed by atoms with Crippen LogP contribution in [0.5, 0.6) is 0 Å². The number of likely N-dealkylation sites (tertiary alicyclic amines) is 1. The van der Waals surface area contributed by atoms with Crippen LogP contribution in [0.2, 0.25) is 0 Å². The number of halogens is 3. The van der Waals surface area contributed by atoms with Crippen molar-refractivity contribution < 1.29 is 43.4 Å². The van der Waals surface area contributed by atoms with E-state index in [0.717, 1.165) is 0 Å². The molecule has 1 aliphatic heterocycles. The largest absolute Gasteiger partial charge is 0.542 e. The maximum atomic E-state index is 12.3. The molecule has 2 rings (SSSR count). The molecule has 0 bridgehead atoms. The summed E-state index contributed by atoms with van der Waals surface area (Å²) in [5.41, 5.74) is 2.66. The van der Waals surface area contributed by atoms with E-state index in [9.17, 15) is 23.1 Å². The number of fused-ring (bicyclic) bond motifs is 1. The number of carbonyl (C=O) groups is 2. The van der Waals surface area contributed by atoms with Crippen LogP contribution in [-0.4, -0.2) is 66.0 Å². The fourth-order valence-corrected chi connectivity index (χ4v) is 2.52. The van der Waals surface area contributed by atoms with Crippen LogP contribution in [0.25, 0.3) is 0 Å². The number of quaternary nitrogens is 1. The van der Waals surface area contributed by atoms with Gasteiger partial charge in [-0.3, -0.25) is 4.79 Å². The molecule has 0 saturated carbocycles. The number of hydrogen-bond acceptors (Lipinski definition) is 5. The number of rotatable bonds is 3. The van der Waals surface area contributed by atoms with E-state index in [4.69, 9.17) is 14.6 Å². The van der Waals surface area contributed by atoms with Crippen molar-refractivity contribution in [3.63, 3.8) is 0 Å². The van der Waals surface area contributed by atoms with Gasteiger partial charge in [0.25, 0.3) is 5.91 Å². The van der Waals surface area contributed by atoms with Gasteiger partial charge in [0.15, 0.2) is 5.60 Å². The molecular weight excluding hydrogens is 357 g/mol. The Hall–Kier alpha value is -2.53. The zero-order chi connectivity index (χ0) is 20.0. The van der Waals surface area contributed by atoms with E-state index in [-0.39, 0.29) is 12.3 Å². The molecule has 1 fully saturated rings. The third-order valence-electron chi connectivity index (χ3n) is 3.66. The summed E-state index contributed by atoms with van der Waals surface area (Å²) in [6.07, 6.45) is -2.71. The van der Waals surface area contributed by atoms with Gasteiger partial charge in [0.2, 0.25) is 0 Å². The van der Waals surface area contributed by atoms with Crippen LogP contribution >= 0.6 is 0 Å². The van der Waals surface area contributed by atoms with Crippen molar-refractivity contribution in [1.29, 1.82) is 0 Å². The molecule has 0 aromatic carbocycles. The van der Waals surface area contributed by atoms with Crippen LogP contribution in [0, 0.1) is 23.7 Å². The summed E-state index contributed by atoms with van der Waals surface area (Å²) in [5.74, 6) is 7.96. The Balaban J connectivity index is 0.000000412. The van der Waals surface area contributed by atoms with Crippen molar-refractivity contribution in [2.45, 2.75) is 30.3 Å². The molecule has 7 nitrogen and oxygen atoms in total. The third-order valence-corrected chi connectivity index (χ3v) is 3.66. The average molecular weight is 374 g/mol. The van der Waals surface area contributed by atoms with Gasteiger partial charge in [-0.2, -0.15) is 13.2 Å². The molecule has 10 heteroatoms. The number of hydrogen-bond donors (Lipinski definition) is 2. The summed E-state index contributed by atoms with van der Waals surface area (Å²) in [7, 11) is 1.47. The number of β-lactam (4-membered cyclic amide) rings is 1. The predicted octanol–water partition coefficient (Wildman–Crippen LogP) is -2.55. The number of aliphatic carboxylic acids is 1. The number of ether oxygens (including phenoxy) is 1. The minimum atomic E-state index is -5.19. The lowest BCUT2D eigenvalue weighted by molar-refractivity contribution is -0.371. The van der Waals surface area contributed by atoms with E-state index < -0.39 is 29.9 Å². The smallest absolute Gasteiger partial charge is 0.430 e. The number of alkyl halides is 3. The molecule has 0 spiro atoms. The third kappa shape index (κ3) is 4.55. The van der Waals surface area contributed by atoms with Gasteiger partial charge in [-0.05, 0) is 12.2 Å².